The Morgan fingerprint density at radius 3 is 2.50 bits per heavy atom. The Labute approximate surface area is 156 Å². The molecule has 0 saturated heterocycles. The van der Waals surface area contributed by atoms with Gasteiger partial charge in [-0.3, -0.25) is 0 Å². The number of ether oxygens (including phenoxy) is 3. The molecule has 2 aromatic carbocycles. The zero-order valence-corrected chi connectivity index (χ0v) is 15.4. The number of para-hydroxylation sites is 2. The summed E-state index contributed by atoms with van der Waals surface area (Å²) in [5, 5.41) is 2.92. The van der Waals surface area contributed by atoms with E-state index in [0.717, 1.165) is 16.3 Å². The average Bonchev–Trinajstić information content (AvgIpc) is 3.10. The lowest BCUT2D eigenvalue weighted by molar-refractivity contribution is 0.0465. The minimum atomic E-state index is -0.444. The van der Waals surface area contributed by atoms with Crippen molar-refractivity contribution in [3.63, 3.8) is 0 Å². The molecule has 0 N–H and O–H groups in total. The molecular weight excluding hydrogens is 350 g/mol. The number of benzene rings is 2. The number of nitrogens with zero attached hydrogens (tertiary/aromatic N) is 1. The van der Waals surface area contributed by atoms with Gasteiger partial charge in [0.15, 0.2) is 0 Å². The monoisotopic (exact) mass is 369 g/mol. The number of hydrogen-bond acceptors (Lipinski definition) is 6. The first-order chi connectivity index (χ1) is 12.7. The molecule has 0 atom stereocenters. The molecule has 3 aromatic rings. The third kappa shape index (κ3) is 4.40. The number of thiazole rings is 1. The molecule has 0 aliphatic carbocycles. The molecule has 3 rings (SSSR count). The molecule has 1 heterocycles. The Kier molecular flexibility index (Phi) is 5.86. The molecule has 0 unspecified atom stereocenters. The maximum absolute atomic E-state index is 12.5. The normalized spacial score (nSPS) is 10.4. The second-order valence-electron chi connectivity index (χ2n) is 5.53. The number of hydrogen-bond donors (Lipinski definition) is 0. The van der Waals surface area contributed by atoms with E-state index in [1.165, 1.54) is 0 Å². The summed E-state index contributed by atoms with van der Waals surface area (Å²) in [5.74, 6) is 0.716. The van der Waals surface area contributed by atoms with Gasteiger partial charge in [0, 0.05) is 10.9 Å². The standard InChI is InChI=1S/C20H19NO4S/c1-14-21-16(13-26-14)12-24-19-10-6-4-8-17(19)20(22)25-11-15-7-3-5-9-18(15)23-2/h3-10,13H,11-12H2,1-2H3. The Bertz CT molecular complexity index is 891. The van der Waals surface area contributed by atoms with Crippen LogP contribution in [-0.4, -0.2) is 18.1 Å². The first kappa shape index (κ1) is 17.9. The van der Waals surface area contributed by atoms with E-state index in [1.54, 1.807) is 36.6 Å². The van der Waals surface area contributed by atoms with Gasteiger partial charge in [-0.25, -0.2) is 9.78 Å². The molecule has 0 radical (unpaired) electrons. The van der Waals surface area contributed by atoms with Crippen LogP contribution in [0.3, 0.4) is 0 Å². The van der Waals surface area contributed by atoms with Crippen LogP contribution in [0.2, 0.25) is 0 Å². The van der Waals surface area contributed by atoms with Gasteiger partial charge < -0.3 is 14.2 Å². The molecule has 0 saturated carbocycles. The van der Waals surface area contributed by atoms with E-state index in [9.17, 15) is 4.79 Å². The topological polar surface area (TPSA) is 57.7 Å². The van der Waals surface area contributed by atoms with E-state index in [1.807, 2.05) is 42.6 Å². The zero-order chi connectivity index (χ0) is 18.4. The van der Waals surface area contributed by atoms with Gasteiger partial charge in [0.1, 0.15) is 30.3 Å². The molecule has 0 fully saturated rings. The SMILES string of the molecule is COc1ccccc1COC(=O)c1ccccc1OCc1csc(C)n1. The van der Waals surface area contributed by atoms with Crippen molar-refractivity contribution in [2.45, 2.75) is 20.1 Å². The van der Waals surface area contributed by atoms with Crippen LogP contribution in [0.15, 0.2) is 53.9 Å². The highest BCUT2D eigenvalue weighted by Gasteiger charge is 2.15. The summed E-state index contributed by atoms with van der Waals surface area (Å²) in [5.41, 5.74) is 2.03. The second kappa shape index (κ2) is 8.49. The van der Waals surface area contributed by atoms with Crippen molar-refractivity contribution < 1.29 is 19.0 Å². The number of methoxy groups -OCH3 is 1. The molecule has 134 valence electrons. The van der Waals surface area contributed by atoms with Crippen LogP contribution < -0.4 is 9.47 Å². The van der Waals surface area contributed by atoms with Gasteiger partial charge in [0.2, 0.25) is 0 Å². The molecule has 26 heavy (non-hydrogen) atoms. The second-order valence-corrected chi connectivity index (χ2v) is 6.59. The van der Waals surface area contributed by atoms with Crippen molar-refractivity contribution in [2.24, 2.45) is 0 Å². The molecule has 0 spiro atoms. The average molecular weight is 369 g/mol. The van der Waals surface area contributed by atoms with E-state index in [2.05, 4.69) is 4.98 Å². The molecule has 0 aliphatic rings. The summed E-state index contributed by atoms with van der Waals surface area (Å²) in [4.78, 5) is 16.9. The van der Waals surface area contributed by atoms with Gasteiger partial charge in [-0.15, -0.1) is 11.3 Å². The van der Waals surface area contributed by atoms with Crippen LogP contribution in [0.1, 0.15) is 26.6 Å². The Hall–Kier alpha value is -2.86. The molecule has 0 aliphatic heterocycles. The molecule has 0 amide bonds. The van der Waals surface area contributed by atoms with Crippen LogP contribution >= 0.6 is 11.3 Å². The minimum absolute atomic E-state index is 0.127. The van der Waals surface area contributed by atoms with Gasteiger partial charge in [-0.2, -0.15) is 0 Å². The third-order valence-electron chi connectivity index (χ3n) is 3.70. The lowest BCUT2D eigenvalue weighted by atomic mass is 10.2. The number of rotatable bonds is 7. The lowest BCUT2D eigenvalue weighted by Crippen LogP contribution is -2.09. The molecule has 0 bridgehead atoms. The summed E-state index contributed by atoms with van der Waals surface area (Å²) < 4.78 is 16.5. The third-order valence-corrected chi connectivity index (χ3v) is 4.52. The van der Waals surface area contributed by atoms with Gasteiger partial charge in [0.05, 0.1) is 17.8 Å². The van der Waals surface area contributed by atoms with Crippen LogP contribution in [-0.2, 0) is 18.0 Å². The van der Waals surface area contributed by atoms with Crippen molar-refractivity contribution in [3.05, 3.63) is 75.7 Å². The minimum Gasteiger partial charge on any atom is -0.496 e. The molecule has 5 nitrogen and oxygen atoms in total. The number of carbonyl (C=O) groups is 1. The number of esters is 1. The predicted octanol–water partition coefficient (Wildman–Crippen LogP) is 4.40. The quantitative estimate of drug-likeness (QED) is 0.578. The highest BCUT2D eigenvalue weighted by Crippen LogP contribution is 2.23. The maximum Gasteiger partial charge on any atom is 0.342 e. The summed E-state index contributed by atoms with van der Waals surface area (Å²) >= 11 is 1.56. The summed E-state index contributed by atoms with van der Waals surface area (Å²) in [7, 11) is 1.59. The number of carbonyl (C=O) groups excluding carboxylic acids is 1. The van der Waals surface area contributed by atoms with Crippen molar-refractivity contribution in [3.8, 4) is 11.5 Å². The van der Waals surface area contributed by atoms with E-state index in [4.69, 9.17) is 14.2 Å². The number of aryl methyl sites for hydroxylation is 1. The first-order valence-electron chi connectivity index (χ1n) is 8.09. The fraction of sp³-hybridized carbons (Fsp3) is 0.200. The van der Waals surface area contributed by atoms with Crippen LogP contribution in [0.4, 0.5) is 0 Å². The Morgan fingerprint density at radius 2 is 1.77 bits per heavy atom. The van der Waals surface area contributed by atoms with Gasteiger partial charge >= 0.3 is 5.97 Å². The van der Waals surface area contributed by atoms with Crippen molar-refractivity contribution >= 4 is 17.3 Å². The summed E-state index contributed by atoms with van der Waals surface area (Å²) in [6.45, 7) is 2.38. The largest absolute Gasteiger partial charge is 0.496 e. The van der Waals surface area contributed by atoms with Crippen LogP contribution in [0, 0.1) is 6.92 Å². The Balaban J connectivity index is 1.67. The molecule has 1 aromatic heterocycles. The van der Waals surface area contributed by atoms with Crippen molar-refractivity contribution in [2.75, 3.05) is 7.11 Å². The van der Waals surface area contributed by atoms with Crippen LogP contribution in [0.25, 0.3) is 0 Å². The zero-order valence-electron chi connectivity index (χ0n) is 14.6. The van der Waals surface area contributed by atoms with E-state index < -0.39 is 5.97 Å². The van der Waals surface area contributed by atoms with Gasteiger partial charge in [0.25, 0.3) is 0 Å². The lowest BCUT2D eigenvalue weighted by Gasteiger charge is -2.12. The fourth-order valence-corrected chi connectivity index (χ4v) is 3.03. The van der Waals surface area contributed by atoms with Crippen molar-refractivity contribution in [1.82, 2.24) is 4.98 Å². The van der Waals surface area contributed by atoms with Gasteiger partial charge in [-0.05, 0) is 25.1 Å². The van der Waals surface area contributed by atoms with E-state index in [0.29, 0.717) is 23.7 Å². The molecule has 6 heteroatoms. The van der Waals surface area contributed by atoms with Crippen molar-refractivity contribution in [1.29, 1.82) is 0 Å². The maximum atomic E-state index is 12.5. The van der Waals surface area contributed by atoms with E-state index >= 15 is 0 Å². The predicted molar refractivity (Wildman–Crippen MR) is 99.7 cm³/mol. The molecular formula is C20H19NO4S. The number of aromatic nitrogens is 1. The first-order valence-corrected chi connectivity index (χ1v) is 8.97. The van der Waals surface area contributed by atoms with Gasteiger partial charge in [-0.1, -0.05) is 30.3 Å². The highest BCUT2D eigenvalue weighted by molar-refractivity contribution is 7.09. The van der Waals surface area contributed by atoms with Crippen LogP contribution in [0.5, 0.6) is 11.5 Å². The fourth-order valence-electron chi connectivity index (χ4n) is 2.43. The highest BCUT2D eigenvalue weighted by atomic mass is 32.1. The summed E-state index contributed by atoms with van der Waals surface area (Å²) in [6, 6.07) is 14.5. The summed E-state index contributed by atoms with van der Waals surface area (Å²) in [6.07, 6.45) is 0. The smallest absolute Gasteiger partial charge is 0.342 e. The Morgan fingerprint density at radius 1 is 1.04 bits per heavy atom. The van der Waals surface area contributed by atoms with E-state index in [-0.39, 0.29) is 6.61 Å².